The summed E-state index contributed by atoms with van der Waals surface area (Å²) in [6, 6.07) is 0. The van der Waals surface area contributed by atoms with Gasteiger partial charge < -0.3 is 15.6 Å². The van der Waals surface area contributed by atoms with Gasteiger partial charge in [0.2, 0.25) is 0 Å². The first kappa shape index (κ1) is 12.2. The van der Waals surface area contributed by atoms with Crippen LogP contribution in [-0.2, 0) is 37.5 Å². The molecule has 0 bridgehead atoms. The molecule has 4 heteroatoms. The van der Waals surface area contributed by atoms with Gasteiger partial charge >= 0.3 is 0 Å². The zero-order chi connectivity index (χ0) is 6.78. The maximum Gasteiger partial charge on any atom is 0.0645 e. The molecule has 0 aliphatic heterocycles. The number of carbonyl (C=O) groups excluding carboxylic acids is 1. The number of rotatable bonds is 2. The van der Waals surface area contributed by atoms with Crippen molar-refractivity contribution in [3.8, 4) is 0 Å². The fraction of sp³-hybridized carbons (Fsp3) is 0.800. The van der Waals surface area contributed by atoms with Crippen molar-refractivity contribution in [2.75, 3.05) is 0 Å². The molecule has 0 aliphatic rings. The smallest absolute Gasteiger partial charge is 0.0645 e. The average molecular weight is 205 g/mol. The second-order valence-electron chi connectivity index (χ2n) is 2.41. The van der Waals surface area contributed by atoms with Gasteiger partial charge in [-0.25, -0.2) is 0 Å². The Hall–Kier alpha value is 0.534. The van der Waals surface area contributed by atoms with E-state index in [-0.39, 0.29) is 39.1 Å². The van der Waals surface area contributed by atoms with Crippen molar-refractivity contribution in [3.63, 3.8) is 0 Å². The predicted molar refractivity (Wildman–Crippen MR) is 30.2 cm³/mol. The minimum atomic E-state index is -1.02. The molecule has 9 heavy (non-hydrogen) atoms. The largest absolute Gasteiger partial charge is 0.668 e. The second kappa shape index (κ2) is 4.37. The zero-order valence-corrected chi connectivity index (χ0v) is 8.48. The molecule has 0 aromatic rings. The monoisotopic (exact) mass is 205 g/mol. The summed E-state index contributed by atoms with van der Waals surface area (Å²) in [5.41, 5.74) is 5.42. The molecule has 0 saturated carbocycles. The van der Waals surface area contributed by atoms with E-state index in [2.05, 4.69) is 0 Å². The standard InChI is InChI=1S/C5H11NO2.Y/c1-5(2,8)3-4(6)7;/h8H,3H2,1-2H3,(H2,6,7);/p-1. The molecular weight excluding hydrogens is 195 g/mol. The van der Waals surface area contributed by atoms with Gasteiger partial charge in [0, 0.05) is 39.1 Å². The summed E-state index contributed by atoms with van der Waals surface area (Å²) in [7, 11) is 0. The van der Waals surface area contributed by atoms with E-state index in [0.29, 0.717) is 0 Å². The Labute approximate surface area is 79.9 Å². The van der Waals surface area contributed by atoms with Gasteiger partial charge in [0.15, 0.2) is 0 Å². The van der Waals surface area contributed by atoms with Crippen molar-refractivity contribution in [2.45, 2.75) is 25.9 Å². The molecule has 0 rings (SSSR count). The van der Waals surface area contributed by atoms with Crippen molar-refractivity contribution in [1.29, 1.82) is 0 Å². The summed E-state index contributed by atoms with van der Waals surface area (Å²) in [5.74, 6) is -0.725. The van der Waals surface area contributed by atoms with E-state index in [1.54, 1.807) is 0 Å². The normalized spacial score (nSPS) is 10.1. The van der Waals surface area contributed by atoms with Crippen molar-refractivity contribution in [1.82, 2.24) is 0 Å². The topological polar surface area (TPSA) is 61.1 Å². The van der Waals surface area contributed by atoms with Gasteiger partial charge in [0.25, 0.3) is 0 Å². The van der Waals surface area contributed by atoms with Crippen LogP contribution in [0.15, 0.2) is 0 Å². The van der Waals surface area contributed by atoms with Crippen LogP contribution >= 0.6 is 0 Å². The van der Waals surface area contributed by atoms with E-state index in [0.717, 1.165) is 0 Å². The minimum absolute atomic E-state index is 0. The number of hydrogen-bond acceptors (Lipinski definition) is 2. The molecule has 2 N–H and O–H groups in total. The maximum atomic E-state index is 9.97. The molecule has 51 valence electrons. The van der Waals surface area contributed by atoms with Gasteiger partial charge in [-0.2, -0.15) is 0 Å². The van der Waals surface area contributed by atoms with E-state index >= 15 is 0 Å². The number of carbonyl (C=O) groups is 1. The fourth-order valence-electron chi connectivity index (χ4n) is 0.393. The van der Waals surface area contributed by atoms with Gasteiger partial charge in [-0.3, -0.25) is 0 Å². The van der Waals surface area contributed by atoms with Gasteiger partial charge in [-0.1, -0.05) is 0 Å². The van der Waals surface area contributed by atoms with Gasteiger partial charge in [-0.05, 0) is 13.8 Å². The molecule has 0 saturated heterocycles. The van der Waals surface area contributed by atoms with Crippen LogP contribution in [0.4, 0.5) is 0 Å². The summed E-state index contributed by atoms with van der Waals surface area (Å²) in [4.78, 5) is 9.97. The zero-order valence-electron chi connectivity index (χ0n) is 5.64. The van der Waals surface area contributed by atoms with Crippen molar-refractivity contribution < 1.29 is 42.6 Å². The van der Waals surface area contributed by atoms with Gasteiger partial charge in [0.05, 0.1) is 11.5 Å². The Morgan fingerprint density at radius 3 is 2.00 bits per heavy atom. The molecular formula is C5H10NO2Y-. The molecule has 0 aromatic heterocycles. The summed E-state index contributed by atoms with van der Waals surface area (Å²) in [6.07, 6.45) is -0.0903. The third-order valence-corrected chi connectivity index (χ3v) is 0.593. The Morgan fingerprint density at radius 1 is 1.67 bits per heavy atom. The molecule has 1 radical (unpaired) electrons. The quantitative estimate of drug-likeness (QED) is 0.721. The van der Waals surface area contributed by atoms with E-state index in [4.69, 9.17) is 10.8 Å². The first-order chi connectivity index (χ1) is 3.42. The maximum absolute atomic E-state index is 9.97. The molecule has 3 nitrogen and oxygen atoms in total. The summed E-state index contributed by atoms with van der Waals surface area (Å²) in [6.45, 7) is 3.00. The third kappa shape index (κ3) is 11.9. The Bertz CT molecular complexity index is 97.6. The van der Waals surface area contributed by atoms with Crippen LogP contribution in [0.2, 0.25) is 0 Å². The Morgan fingerprint density at radius 2 is 2.00 bits per heavy atom. The van der Waals surface area contributed by atoms with Crippen molar-refractivity contribution in [2.24, 2.45) is 0 Å². The Kier molecular flexibility index (Phi) is 5.93. The average Bonchev–Trinajstić information content (AvgIpc) is 1.21. The van der Waals surface area contributed by atoms with Gasteiger partial charge in [0.1, 0.15) is 0 Å². The van der Waals surface area contributed by atoms with Crippen molar-refractivity contribution >= 4 is 5.91 Å². The number of aliphatic hydroxyl groups is 1. The van der Waals surface area contributed by atoms with Crippen LogP contribution in [0, 0.1) is 0 Å². The van der Waals surface area contributed by atoms with E-state index < -0.39 is 11.5 Å². The Balaban J connectivity index is 0. The van der Waals surface area contributed by atoms with Crippen LogP contribution in [0.25, 0.3) is 5.73 Å². The first-order valence-corrected chi connectivity index (χ1v) is 2.38. The number of hydrogen-bond donors (Lipinski definition) is 1. The minimum Gasteiger partial charge on any atom is -0.668 e. The third-order valence-electron chi connectivity index (χ3n) is 0.593. The van der Waals surface area contributed by atoms with Crippen molar-refractivity contribution in [3.05, 3.63) is 5.73 Å². The predicted octanol–water partition coefficient (Wildman–Crippen LogP) is 0.724. The molecule has 0 spiro atoms. The summed E-state index contributed by atoms with van der Waals surface area (Å²) < 4.78 is 0. The van der Waals surface area contributed by atoms with E-state index in [9.17, 15) is 4.79 Å². The van der Waals surface area contributed by atoms with E-state index in [1.165, 1.54) is 13.8 Å². The summed E-state index contributed by atoms with van der Waals surface area (Å²) >= 11 is 0. The summed E-state index contributed by atoms with van der Waals surface area (Å²) in [5, 5.41) is 8.85. The molecule has 0 heterocycles. The SMILES string of the molecule is CC(C)(O)CC([NH-])=O.[Y]. The van der Waals surface area contributed by atoms with Gasteiger partial charge in [-0.15, -0.1) is 0 Å². The molecule has 0 aromatic carbocycles. The van der Waals surface area contributed by atoms with E-state index in [1.807, 2.05) is 0 Å². The fourth-order valence-corrected chi connectivity index (χ4v) is 0.393. The van der Waals surface area contributed by atoms with Crippen LogP contribution in [0.1, 0.15) is 20.3 Å². The molecule has 0 atom stereocenters. The molecule has 0 aliphatic carbocycles. The van der Waals surface area contributed by atoms with Crippen LogP contribution in [0.5, 0.6) is 0 Å². The number of amides is 1. The first-order valence-electron chi connectivity index (χ1n) is 2.38. The number of nitrogens with one attached hydrogen (secondary N) is 1. The molecule has 0 fully saturated rings. The second-order valence-corrected chi connectivity index (χ2v) is 2.41. The van der Waals surface area contributed by atoms with Crippen LogP contribution in [0.3, 0.4) is 0 Å². The van der Waals surface area contributed by atoms with Crippen LogP contribution < -0.4 is 0 Å². The molecule has 1 amide bonds. The van der Waals surface area contributed by atoms with Crippen LogP contribution in [-0.4, -0.2) is 16.6 Å². The molecule has 0 unspecified atom stereocenters.